The fourth-order valence-electron chi connectivity index (χ4n) is 2.43. The summed E-state index contributed by atoms with van der Waals surface area (Å²) in [6.45, 7) is 0. The van der Waals surface area contributed by atoms with Gasteiger partial charge < -0.3 is 4.57 Å². The topological polar surface area (TPSA) is 22.0 Å². The van der Waals surface area contributed by atoms with Gasteiger partial charge in [-0.25, -0.2) is 4.39 Å². The first-order valence-corrected chi connectivity index (χ1v) is 7.14. The van der Waals surface area contributed by atoms with E-state index in [9.17, 15) is 9.18 Å². The van der Waals surface area contributed by atoms with Crippen LogP contribution in [0.4, 0.5) is 4.39 Å². The molecule has 3 aromatic rings. The lowest BCUT2D eigenvalue weighted by Crippen LogP contribution is -2.11. The predicted octanol–water partition coefficient (Wildman–Crippen LogP) is 4.51. The van der Waals surface area contributed by atoms with Crippen molar-refractivity contribution in [3.8, 4) is 22.3 Å². The van der Waals surface area contributed by atoms with Gasteiger partial charge in [-0.15, -0.1) is 0 Å². The van der Waals surface area contributed by atoms with Crippen LogP contribution in [0.15, 0.2) is 65.7 Å². The van der Waals surface area contributed by atoms with Crippen molar-refractivity contribution in [1.29, 1.82) is 0 Å². The maximum absolute atomic E-state index is 13.4. The van der Waals surface area contributed by atoms with Crippen LogP contribution in [0.3, 0.4) is 0 Å². The molecule has 0 bridgehead atoms. The molecule has 0 atom stereocenters. The van der Waals surface area contributed by atoms with E-state index in [4.69, 9.17) is 11.6 Å². The highest BCUT2D eigenvalue weighted by Crippen LogP contribution is 2.23. The van der Waals surface area contributed by atoms with Crippen molar-refractivity contribution in [3.05, 3.63) is 82.0 Å². The highest BCUT2D eigenvalue weighted by molar-refractivity contribution is 6.30. The van der Waals surface area contributed by atoms with Crippen LogP contribution >= 0.6 is 11.6 Å². The summed E-state index contributed by atoms with van der Waals surface area (Å²) in [4.78, 5) is 12.8. The Morgan fingerprint density at radius 1 is 0.955 bits per heavy atom. The molecule has 110 valence electrons. The van der Waals surface area contributed by atoms with E-state index in [2.05, 4.69) is 0 Å². The van der Waals surface area contributed by atoms with Gasteiger partial charge >= 0.3 is 0 Å². The number of hydrogen-bond acceptors (Lipinski definition) is 1. The lowest BCUT2D eigenvalue weighted by molar-refractivity contribution is 0.628. The average Bonchev–Trinajstić information content (AvgIpc) is 2.49. The molecule has 0 aliphatic carbocycles. The first-order valence-electron chi connectivity index (χ1n) is 6.77. The Morgan fingerprint density at radius 2 is 1.55 bits per heavy atom. The molecule has 0 spiro atoms. The number of pyridine rings is 1. The fraction of sp³-hybridized carbons (Fsp3) is 0.0556. The van der Waals surface area contributed by atoms with Gasteiger partial charge in [0.25, 0.3) is 0 Å². The summed E-state index contributed by atoms with van der Waals surface area (Å²) in [6.07, 6.45) is 3.45. The summed E-state index contributed by atoms with van der Waals surface area (Å²) < 4.78 is 15.2. The van der Waals surface area contributed by atoms with E-state index in [0.717, 1.165) is 5.56 Å². The molecule has 1 aromatic heterocycles. The second-order valence-electron chi connectivity index (χ2n) is 5.10. The van der Waals surface area contributed by atoms with Gasteiger partial charge in [-0.1, -0.05) is 35.9 Å². The van der Waals surface area contributed by atoms with Gasteiger partial charge in [-0.05, 0) is 35.4 Å². The minimum Gasteiger partial charge on any atom is -0.356 e. The molecule has 4 heteroatoms. The number of rotatable bonds is 2. The summed E-state index contributed by atoms with van der Waals surface area (Å²) in [5.41, 5.74) is 2.15. The highest BCUT2D eigenvalue weighted by Gasteiger charge is 2.11. The van der Waals surface area contributed by atoms with Crippen molar-refractivity contribution in [2.45, 2.75) is 0 Å². The zero-order valence-electron chi connectivity index (χ0n) is 11.9. The van der Waals surface area contributed by atoms with Crippen LogP contribution in [0.1, 0.15) is 0 Å². The Balaban J connectivity index is 2.24. The molecule has 0 saturated heterocycles. The molecule has 2 aromatic carbocycles. The smallest absolute Gasteiger partial charge is 0.197 e. The maximum Gasteiger partial charge on any atom is 0.197 e. The summed E-state index contributed by atoms with van der Waals surface area (Å²) in [6, 6.07) is 13.2. The van der Waals surface area contributed by atoms with Crippen molar-refractivity contribution in [2.75, 3.05) is 0 Å². The molecular formula is C18H13ClFNO. The second-order valence-corrected chi connectivity index (χ2v) is 5.54. The van der Waals surface area contributed by atoms with Gasteiger partial charge in [0, 0.05) is 35.6 Å². The molecule has 0 unspecified atom stereocenters. The highest BCUT2D eigenvalue weighted by atomic mass is 35.5. The van der Waals surface area contributed by atoms with E-state index in [1.807, 2.05) is 13.1 Å². The molecule has 0 aliphatic rings. The molecule has 0 fully saturated rings. The van der Waals surface area contributed by atoms with Crippen LogP contribution in [0.5, 0.6) is 0 Å². The minimum absolute atomic E-state index is 0.147. The molecule has 0 aliphatic heterocycles. The number of benzene rings is 2. The van der Waals surface area contributed by atoms with Gasteiger partial charge in [0.15, 0.2) is 5.43 Å². The van der Waals surface area contributed by atoms with Crippen LogP contribution < -0.4 is 5.43 Å². The molecular weight excluding hydrogens is 301 g/mol. The Morgan fingerprint density at radius 3 is 2.14 bits per heavy atom. The van der Waals surface area contributed by atoms with Gasteiger partial charge in [0.1, 0.15) is 5.82 Å². The van der Waals surface area contributed by atoms with E-state index in [-0.39, 0.29) is 11.2 Å². The summed E-state index contributed by atoms with van der Waals surface area (Å²) >= 11 is 6.01. The number of aromatic nitrogens is 1. The third kappa shape index (κ3) is 2.81. The van der Waals surface area contributed by atoms with Crippen molar-refractivity contribution in [3.63, 3.8) is 0 Å². The van der Waals surface area contributed by atoms with Gasteiger partial charge in [-0.3, -0.25) is 4.79 Å². The van der Waals surface area contributed by atoms with E-state index in [0.29, 0.717) is 21.7 Å². The number of aryl methyl sites for hydroxylation is 1. The van der Waals surface area contributed by atoms with Gasteiger partial charge in [0.2, 0.25) is 0 Å². The first kappa shape index (κ1) is 14.5. The van der Waals surface area contributed by atoms with Crippen LogP contribution in [-0.2, 0) is 7.05 Å². The molecule has 3 rings (SSSR count). The SMILES string of the molecule is Cn1cc(-c2cccc(F)c2)c(=O)c(-c2cccc(Cl)c2)c1. The van der Waals surface area contributed by atoms with Crippen molar-refractivity contribution in [2.24, 2.45) is 7.05 Å². The molecule has 0 saturated carbocycles. The lowest BCUT2D eigenvalue weighted by atomic mass is 10.0. The lowest BCUT2D eigenvalue weighted by Gasteiger charge is -2.09. The molecule has 0 radical (unpaired) electrons. The molecule has 1 heterocycles. The Hall–Kier alpha value is -2.39. The summed E-state index contributed by atoms with van der Waals surface area (Å²) in [7, 11) is 1.83. The standard InChI is InChI=1S/C18H13ClFNO/c1-21-10-16(12-4-2-6-14(19)8-12)18(22)17(11-21)13-5-3-7-15(20)9-13/h2-11H,1H3. The molecule has 0 amide bonds. The van der Waals surface area contributed by atoms with Crippen LogP contribution in [0.2, 0.25) is 5.02 Å². The molecule has 2 nitrogen and oxygen atoms in total. The maximum atomic E-state index is 13.4. The van der Waals surface area contributed by atoms with Crippen LogP contribution in [-0.4, -0.2) is 4.57 Å². The van der Waals surface area contributed by atoms with E-state index >= 15 is 0 Å². The second kappa shape index (κ2) is 5.78. The monoisotopic (exact) mass is 313 g/mol. The fourth-order valence-corrected chi connectivity index (χ4v) is 2.62. The third-order valence-electron chi connectivity index (χ3n) is 3.43. The van der Waals surface area contributed by atoms with Crippen LogP contribution in [0.25, 0.3) is 22.3 Å². The number of nitrogens with zero attached hydrogens (tertiary/aromatic N) is 1. The normalized spacial score (nSPS) is 10.7. The average molecular weight is 314 g/mol. The Labute approximate surface area is 132 Å². The zero-order chi connectivity index (χ0) is 15.7. The van der Waals surface area contributed by atoms with E-state index < -0.39 is 0 Å². The third-order valence-corrected chi connectivity index (χ3v) is 3.66. The quantitative estimate of drug-likeness (QED) is 0.682. The van der Waals surface area contributed by atoms with Gasteiger partial charge in [-0.2, -0.15) is 0 Å². The van der Waals surface area contributed by atoms with Gasteiger partial charge in [0.05, 0.1) is 0 Å². The molecule has 22 heavy (non-hydrogen) atoms. The predicted molar refractivity (Wildman–Crippen MR) is 87.5 cm³/mol. The van der Waals surface area contributed by atoms with E-state index in [1.54, 1.807) is 47.3 Å². The summed E-state index contributed by atoms with van der Waals surface area (Å²) in [5, 5.41) is 0.565. The first-order chi connectivity index (χ1) is 10.5. The van der Waals surface area contributed by atoms with Crippen molar-refractivity contribution < 1.29 is 4.39 Å². The van der Waals surface area contributed by atoms with Crippen LogP contribution in [0, 0.1) is 5.82 Å². The Kier molecular flexibility index (Phi) is 3.82. The van der Waals surface area contributed by atoms with Crippen molar-refractivity contribution in [1.82, 2.24) is 4.57 Å². The molecule has 0 N–H and O–H groups in total. The minimum atomic E-state index is -0.368. The largest absolute Gasteiger partial charge is 0.356 e. The van der Waals surface area contributed by atoms with Crippen molar-refractivity contribution >= 4 is 11.6 Å². The zero-order valence-corrected chi connectivity index (χ0v) is 12.6. The summed E-state index contributed by atoms with van der Waals surface area (Å²) in [5.74, 6) is -0.368. The number of hydrogen-bond donors (Lipinski definition) is 0. The van der Waals surface area contributed by atoms with E-state index in [1.165, 1.54) is 12.1 Å². The Bertz CT molecular complexity index is 832. The number of halogens is 2.